The molecule has 18 heavy (non-hydrogen) atoms. The lowest BCUT2D eigenvalue weighted by atomic mass is 9.78. The highest BCUT2D eigenvalue weighted by molar-refractivity contribution is 5.93. The van der Waals surface area contributed by atoms with Gasteiger partial charge >= 0.3 is 0 Å². The van der Waals surface area contributed by atoms with Crippen LogP contribution in [-0.2, 0) is 4.79 Å². The van der Waals surface area contributed by atoms with Crippen LogP contribution < -0.4 is 10.6 Å². The van der Waals surface area contributed by atoms with Gasteiger partial charge in [0, 0.05) is 18.3 Å². The smallest absolute Gasteiger partial charge is 0.236 e. The zero-order valence-electron chi connectivity index (χ0n) is 10.0. The number of rotatable bonds is 1. The molecular weight excluding hydrogens is 228 g/mol. The van der Waals surface area contributed by atoms with Crippen molar-refractivity contribution in [2.24, 2.45) is 5.41 Å². The highest BCUT2D eigenvalue weighted by Crippen LogP contribution is 2.43. The van der Waals surface area contributed by atoms with Crippen molar-refractivity contribution in [1.29, 1.82) is 0 Å². The minimum absolute atomic E-state index is 0.000891. The van der Waals surface area contributed by atoms with Crippen LogP contribution in [0.5, 0.6) is 0 Å². The molecule has 1 amide bonds. The maximum Gasteiger partial charge on any atom is 0.236 e. The third kappa shape index (κ3) is 1.57. The van der Waals surface area contributed by atoms with Gasteiger partial charge in [-0.05, 0) is 18.1 Å². The van der Waals surface area contributed by atoms with E-state index in [1.165, 1.54) is 0 Å². The van der Waals surface area contributed by atoms with Gasteiger partial charge in [0.05, 0.1) is 12.0 Å². The van der Waals surface area contributed by atoms with E-state index in [4.69, 9.17) is 0 Å². The first kappa shape index (κ1) is 11.4. The molecule has 0 radical (unpaired) electrons. The second-order valence-electron chi connectivity index (χ2n) is 4.93. The standard InChI is InChI=1S/C14H16N2O2/c17-8-10-7-14(9-15-10)11-5-3-1-2-4-6-12(11)16-13(14)18/h1-6,10,15,17H,7-9H2,(H,16,18)/b2-1-,3-1?,4-2?,5-3-,6-4-,11-5?,12-6?. The van der Waals surface area contributed by atoms with Crippen molar-refractivity contribution in [3.63, 3.8) is 0 Å². The molecule has 1 fully saturated rings. The Bertz CT molecular complexity index is 502. The monoisotopic (exact) mass is 244 g/mol. The van der Waals surface area contributed by atoms with E-state index in [-0.39, 0.29) is 18.6 Å². The molecule has 0 saturated carbocycles. The van der Waals surface area contributed by atoms with Crippen LogP contribution in [0.4, 0.5) is 0 Å². The number of hydrogen-bond acceptors (Lipinski definition) is 3. The number of nitrogens with one attached hydrogen (secondary N) is 2. The SMILES string of the molecule is O=C1NC2=C(\C=C/C=C\C=C/2)C12CNC(CO)C2. The fourth-order valence-corrected chi connectivity index (χ4v) is 2.89. The Hall–Kier alpha value is -1.65. The highest BCUT2D eigenvalue weighted by Gasteiger charge is 2.51. The first-order chi connectivity index (χ1) is 8.76. The number of allylic oxidation sites excluding steroid dienone is 6. The molecule has 2 heterocycles. The van der Waals surface area contributed by atoms with E-state index in [1.807, 2.05) is 36.5 Å². The van der Waals surface area contributed by atoms with Crippen LogP contribution in [0.3, 0.4) is 0 Å². The molecule has 3 N–H and O–H groups in total. The predicted molar refractivity (Wildman–Crippen MR) is 68.5 cm³/mol. The zero-order chi connectivity index (χ0) is 12.6. The van der Waals surface area contributed by atoms with Crippen molar-refractivity contribution in [2.45, 2.75) is 12.5 Å². The van der Waals surface area contributed by atoms with Gasteiger partial charge in [-0.1, -0.05) is 30.4 Å². The van der Waals surface area contributed by atoms with Gasteiger partial charge in [0.25, 0.3) is 0 Å². The molecule has 94 valence electrons. The molecule has 3 aliphatic rings. The minimum atomic E-state index is -0.519. The maximum atomic E-state index is 12.3. The van der Waals surface area contributed by atoms with Gasteiger partial charge in [-0.3, -0.25) is 4.79 Å². The van der Waals surface area contributed by atoms with E-state index < -0.39 is 5.41 Å². The second kappa shape index (κ2) is 4.23. The van der Waals surface area contributed by atoms with Crippen LogP contribution in [0.15, 0.2) is 47.7 Å². The van der Waals surface area contributed by atoms with Crippen LogP contribution in [-0.4, -0.2) is 30.2 Å². The molecule has 2 aliphatic heterocycles. The Morgan fingerprint density at radius 2 is 2.06 bits per heavy atom. The molecule has 2 atom stereocenters. The average molecular weight is 244 g/mol. The topological polar surface area (TPSA) is 61.4 Å². The largest absolute Gasteiger partial charge is 0.395 e. The molecule has 3 rings (SSSR count). The zero-order valence-corrected chi connectivity index (χ0v) is 10.0. The van der Waals surface area contributed by atoms with E-state index in [2.05, 4.69) is 10.6 Å². The summed E-state index contributed by atoms with van der Waals surface area (Å²) in [7, 11) is 0. The van der Waals surface area contributed by atoms with E-state index in [0.29, 0.717) is 13.0 Å². The maximum absolute atomic E-state index is 12.3. The van der Waals surface area contributed by atoms with Crippen molar-refractivity contribution in [3.8, 4) is 0 Å². The lowest BCUT2D eigenvalue weighted by molar-refractivity contribution is -0.126. The van der Waals surface area contributed by atoms with Crippen molar-refractivity contribution >= 4 is 5.91 Å². The van der Waals surface area contributed by atoms with E-state index >= 15 is 0 Å². The number of carbonyl (C=O) groups excluding carboxylic acids is 1. The molecule has 0 aromatic heterocycles. The molecule has 1 spiro atoms. The summed E-state index contributed by atoms with van der Waals surface area (Å²) in [6.07, 6.45) is 12.3. The number of fused-ring (bicyclic) bond motifs is 1. The molecule has 2 unspecified atom stereocenters. The van der Waals surface area contributed by atoms with Crippen LogP contribution in [0, 0.1) is 5.41 Å². The predicted octanol–water partition coefficient (Wildman–Crippen LogP) is 0.393. The Kier molecular flexibility index (Phi) is 2.69. The number of aliphatic hydroxyl groups is 1. The van der Waals surface area contributed by atoms with Crippen LogP contribution >= 0.6 is 0 Å². The lowest BCUT2D eigenvalue weighted by Crippen LogP contribution is -2.36. The van der Waals surface area contributed by atoms with Crippen molar-refractivity contribution in [1.82, 2.24) is 10.6 Å². The van der Waals surface area contributed by atoms with Gasteiger partial charge < -0.3 is 15.7 Å². The molecule has 0 bridgehead atoms. The third-order valence-corrected chi connectivity index (χ3v) is 3.86. The average Bonchev–Trinajstić information content (AvgIpc) is 2.86. The van der Waals surface area contributed by atoms with Gasteiger partial charge in [0.15, 0.2) is 0 Å². The Morgan fingerprint density at radius 3 is 2.78 bits per heavy atom. The summed E-state index contributed by atoms with van der Waals surface area (Å²) < 4.78 is 0. The minimum Gasteiger partial charge on any atom is -0.395 e. The molecule has 1 aliphatic carbocycles. The van der Waals surface area contributed by atoms with Crippen molar-refractivity contribution < 1.29 is 9.90 Å². The van der Waals surface area contributed by atoms with Gasteiger partial charge in [-0.25, -0.2) is 0 Å². The molecule has 4 heteroatoms. The van der Waals surface area contributed by atoms with Crippen LogP contribution in [0.25, 0.3) is 0 Å². The van der Waals surface area contributed by atoms with Gasteiger partial charge in [0.2, 0.25) is 5.91 Å². The Balaban J connectivity index is 2.02. The molecule has 4 nitrogen and oxygen atoms in total. The summed E-state index contributed by atoms with van der Waals surface area (Å²) in [6.45, 7) is 0.655. The molecular formula is C14H16N2O2. The second-order valence-corrected chi connectivity index (χ2v) is 4.93. The summed E-state index contributed by atoms with van der Waals surface area (Å²) in [5.74, 6) is 0.0344. The summed E-state index contributed by atoms with van der Waals surface area (Å²) in [6, 6.07) is 0.000891. The first-order valence-electron chi connectivity index (χ1n) is 6.18. The summed E-state index contributed by atoms with van der Waals surface area (Å²) in [5, 5.41) is 15.4. The fourth-order valence-electron chi connectivity index (χ4n) is 2.89. The van der Waals surface area contributed by atoms with Crippen LogP contribution in [0.1, 0.15) is 6.42 Å². The molecule has 0 aromatic rings. The summed E-state index contributed by atoms with van der Waals surface area (Å²) >= 11 is 0. The van der Waals surface area contributed by atoms with Gasteiger partial charge in [-0.2, -0.15) is 0 Å². The normalized spacial score (nSPS) is 39.2. The van der Waals surface area contributed by atoms with E-state index in [9.17, 15) is 9.90 Å². The van der Waals surface area contributed by atoms with Crippen molar-refractivity contribution in [3.05, 3.63) is 47.7 Å². The van der Waals surface area contributed by atoms with Gasteiger partial charge in [0.1, 0.15) is 0 Å². The Labute approximate surface area is 106 Å². The van der Waals surface area contributed by atoms with E-state index in [1.54, 1.807) is 0 Å². The van der Waals surface area contributed by atoms with Crippen molar-refractivity contribution in [2.75, 3.05) is 13.2 Å². The third-order valence-electron chi connectivity index (χ3n) is 3.86. The van der Waals surface area contributed by atoms with E-state index in [0.717, 1.165) is 11.3 Å². The Morgan fingerprint density at radius 1 is 1.28 bits per heavy atom. The molecule has 1 saturated heterocycles. The molecule has 0 aromatic carbocycles. The summed E-state index contributed by atoms with van der Waals surface area (Å²) in [5.41, 5.74) is 1.38. The summed E-state index contributed by atoms with van der Waals surface area (Å²) in [4.78, 5) is 12.3. The number of carbonyl (C=O) groups is 1. The van der Waals surface area contributed by atoms with Gasteiger partial charge in [-0.15, -0.1) is 0 Å². The van der Waals surface area contributed by atoms with Crippen LogP contribution in [0.2, 0.25) is 0 Å². The lowest BCUT2D eigenvalue weighted by Gasteiger charge is -2.21. The first-order valence-corrected chi connectivity index (χ1v) is 6.18. The quantitative estimate of drug-likeness (QED) is 0.625. The highest BCUT2D eigenvalue weighted by atomic mass is 16.3. The number of hydrogen-bond donors (Lipinski definition) is 3. The fraction of sp³-hybridized carbons (Fsp3) is 0.357. The number of amides is 1. The number of aliphatic hydroxyl groups excluding tert-OH is 1.